The number of pyridine rings is 1. The minimum atomic E-state index is -0.515. The van der Waals surface area contributed by atoms with Gasteiger partial charge in [0.25, 0.3) is 5.91 Å². The van der Waals surface area contributed by atoms with Crippen LogP contribution in [0, 0.1) is 0 Å². The molecule has 0 unspecified atom stereocenters. The first-order valence-corrected chi connectivity index (χ1v) is 12.4. The van der Waals surface area contributed by atoms with Gasteiger partial charge in [-0.1, -0.05) is 24.3 Å². The number of carbonyl (C=O) groups excluding carboxylic acids is 2. The van der Waals surface area contributed by atoms with Gasteiger partial charge in [0.05, 0.1) is 17.1 Å². The Hall–Kier alpha value is -2.97. The van der Waals surface area contributed by atoms with Crippen LogP contribution >= 0.6 is 11.3 Å². The summed E-state index contributed by atoms with van der Waals surface area (Å²) in [6.45, 7) is 8.18. The molecule has 3 rings (SSSR count). The second-order valence-corrected chi connectivity index (χ2v) is 10.4. The number of rotatable bonds is 10. The van der Waals surface area contributed by atoms with E-state index in [1.54, 1.807) is 0 Å². The molecule has 0 fully saturated rings. The van der Waals surface area contributed by atoms with Crippen LogP contribution in [0.2, 0.25) is 0 Å². The van der Waals surface area contributed by atoms with Gasteiger partial charge in [-0.05, 0) is 76.4 Å². The molecule has 0 aliphatic carbocycles. The molecular formula is C26H34N4O3S. The number of hydrogen-bond acceptors (Lipinski definition) is 6. The van der Waals surface area contributed by atoms with Gasteiger partial charge in [0.1, 0.15) is 5.60 Å². The van der Waals surface area contributed by atoms with Crippen LogP contribution in [-0.4, -0.2) is 54.2 Å². The summed E-state index contributed by atoms with van der Waals surface area (Å²) in [5.41, 5.74) is 1.44. The van der Waals surface area contributed by atoms with Gasteiger partial charge in [0.2, 0.25) is 0 Å². The number of amides is 2. The number of hydrogen-bond donors (Lipinski definition) is 2. The fourth-order valence-corrected chi connectivity index (χ4v) is 4.37. The average molecular weight is 483 g/mol. The summed E-state index contributed by atoms with van der Waals surface area (Å²) < 4.78 is 6.36. The number of fused-ring (bicyclic) bond motifs is 1. The first-order valence-electron chi connectivity index (χ1n) is 11.6. The van der Waals surface area contributed by atoms with E-state index in [1.807, 2.05) is 69.4 Å². The number of aromatic nitrogens is 1. The first kappa shape index (κ1) is 25.6. The molecular weight excluding hydrogens is 448 g/mol. The van der Waals surface area contributed by atoms with Crippen molar-refractivity contribution in [3.63, 3.8) is 0 Å². The van der Waals surface area contributed by atoms with Crippen molar-refractivity contribution in [1.82, 2.24) is 20.5 Å². The second kappa shape index (κ2) is 11.9. The normalized spacial score (nSPS) is 11.6. The van der Waals surface area contributed by atoms with Crippen molar-refractivity contribution >= 4 is 33.4 Å². The number of thiophene rings is 1. The highest BCUT2D eigenvalue weighted by molar-refractivity contribution is 7.20. The van der Waals surface area contributed by atoms with Crippen LogP contribution in [0.15, 0.2) is 48.7 Å². The van der Waals surface area contributed by atoms with Crippen molar-refractivity contribution in [2.24, 2.45) is 0 Å². The maximum Gasteiger partial charge on any atom is 0.407 e. The van der Waals surface area contributed by atoms with Gasteiger partial charge < -0.3 is 20.3 Å². The summed E-state index contributed by atoms with van der Waals surface area (Å²) in [6, 6.07) is 14.0. The van der Waals surface area contributed by atoms with Crippen molar-refractivity contribution in [1.29, 1.82) is 0 Å². The van der Waals surface area contributed by atoms with Crippen LogP contribution in [0.4, 0.5) is 4.79 Å². The first-order chi connectivity index (χ1) is 16.2. The maximum absolute atomic E-state index is 12.4. The van der Waals surface area contributed by atoms with Gasteiger partial charge in [-0.3, -0.25) is 9.78 Å². The molecule has 2 heterocycles. The third-order valence-corrected chi connectivity index (χ3v) is 6.25. The Morgan fingerprint density at radius 3 is 2.59 bits per heavy atom. The van der Waals surface area contributed by atoms with Gasteiger partial charge in [-0.2, -0.15) is 0 Å². The summed E-state index contributed by atoms with van der Waals surface area (Å²) in [5.74, 6) is -0.0121. The number of nitrogens with one attached hydrogen (secondary N) is 2. The molecule has 182 valence electrons. The Balaban J connectivity index is 1.31. The van der Waals surface area contributed by atoms with Gasteiger partial charge in [0, 0.05) is 24.0 Å². The van der Waals surface area contributed by atoms with Crippen molar-refractivity contribution < 1.29 is 14.3 Å². The third-order valence-electron chi connectivity index (χ3n) is 5.13. The highest BCUT2D eigenvalue weighted by Gasteiger charge is 2.15. The van der Waals surface area contributed by atoms with Gasteiger partial charge in [-0.25, -0.2) is 4.79 Å². The standard InChI is InChI=1S/C26H34N4O3S/c1-26(2,3)33-25(32)29-18-21-12-11-19(17-28-21)8-7-14-30(4)15-13-27-24(31)23-16-20-9-5-6-10-22(20)34-23/h5-6,9-12,16-17H,7-8,13-15,18H2,1-4H3,(H,27,31)(H,29,32). The Morgan fingerprint density at radius 1 is 1.09 bits per heavy atom. The second-order valence-electron chi connectivity index (χ2n) is 9.32. The Labute approximate surface area is 205 Å². The Kier molecular flexibility index (Phi) is 9.01. The molecule has 1 aromatic carbocycles. The van der Waals surface area contributed by atoms with E-state index in [9.17, 15) is 9.59 Å². The van der Waals surface area contributed by atoms with Crippen LogP contribution in [0.3, 0.4) is 0 Å². The van der Waals surface area contributed by atoms with E-state index in [0.29, 0.717) is 13.1 Å². The molecule has 7 nitrogen and oxygen atoms in total. The SMILES string of the molecule is CN(CCCc1ccc(CNC(=O)OC(C)(C)C)nc1)CCNC(=O)c1cc2ccccc2s1. The molecule has 8 heteroatoms. The monoisotopic (exact) mass is 482 g/mol. The van der Waals surface area contributed by atoms with Crippen LogP contribution < -0.4 is 10.6 Å². The van der Waals surface area contributed by atoms with E-state index in [0.717, 1.165) is 52.2 Å². The van der Waals surface area contributed by atoms with Crippen LogP contribution in [0.5, 0.6) is 0 Å². The van der Waals surface area contributed by atoms with Gasteiger partial charge in [-0.15, -0.1) is 11.3 Å². The molecule has 0 aliphatic rings. The molecule has 0 spiro atoms. The van der Waals surface area contributed by atoms with E-state index < -0.39 is 11.7 Å². The molecule has 3 aromatic rings. The quantitative estimate of drug-likeness (QED) is 0.441. The number of ether oxygens (including phenoxy) is 1. The lowest BCUT2D eigenvalue weighted by Gasteiger charge is -2.19. The van der Waals surface area contributed by atoms with Crippen LogP contribution in [0.25, 0.3) is 10.1 Å². The van der Waals surface area contributed by atoms with E-state index in [2.05, 4.69) is 27.6 Å². The van der Waals surface area contributed by atoms with E-state index in [-0.39, 0.29) is 5.91 Å². The summed E-state index contributed by atoms with van der Waals surface area (Å²) in [6.07, 6.45) is 3.34. The number of aryl methyl sites for hydroxylation is 1. The largest absolute Gasteiger partial charge is 0.444 e. The summed E-state index contributed by atoms with van der Waals surface area (Å²) in [4.78, 5) is 31.5. The lowest BCUT2D eigenvalue weighted by atomic mass is 10.1. The number of alkyl carbamates (subject to hydrolysis) is 1. The molecule has 0 bridgehead atoms. The molecule has 0 saturated carbocycles. The zero-order valence-corrected chi connectivity index (χ0v) is 21.2. The predicted octanol–water partition coefficient (Wildman–Crippen LogP) is 4.62. The molecule has 0 atom stereocenters. The number of carbonyl (C=O) groups is 2. The maximum atomic E-state index is 12.4. The molecule has 0 aliphatic heterocycles. The van der Waals surface area contributed by atoms with Gasteiger partial charge >= 0.3 is 6.09 Å². The summed E-state index contributed by atoms with van der Waals surface area (Å²) in [7, 11) is 2.06. The lowest BCUT2D eigenvalue weighted by Crippen LogP contribution is -2.33. The molecule has 0 radical (unpaired) electrons. The molecule has 2 N–H and O–H groups in total. The molecule has 2 amide bonds. The van der Waals surface area contributed by atoms with Crippen LogP contribution in [-0.2, 0) is 17.7 Å². The van der Waals surface area contributed by atoms with Crippen LogP contribution in [0.1, 0.15) is 48.1 Å². The number of nitrogens with zero attached hydrogens (tertiary/aromatic N) is 2. The molecule has 0 saturated heterocycles. The molecule has 2 aromatic heterocycles. The topological polar surface area (TPSA) is 83.6 Å². The number of likely N-dealkylation sites (N-methyl/N-ethyl adjacent to an activating group) is 1. The highest BCUT2D eigenvalue weighted by atomic mass is 32.1. The minimum Gasteiger partial charge on any atom is -0.444 e. The molecule has 34 heavy (non-hydrogen) atoms. The summed E-state index contributed by atoms with van der Waals surface area (Å²) >= 11 is 1.52. The Morgan fingerprint density at radius 2 is 1.88 bits per heavy atom. The van der Waals surface area contributed by atoms with Crippen molar-refractivity contribution in [2.45, 2.75) is 45.8 Å². The third kappa shape index (κ3) is 8.43. The highest BCUT2D eigenvalue weighted by Crippen LogP contribution is 2.24. The van der Waals surface area contributed by atoms with Crippen molar-refractivity contribution in [2.75, 3.05) is 26.7 Å². The van der Waals surface area contributed by atoms with Crippen molar-refractivity contribution in [3.05, 3.63) is 64.8 Å². The fourth-order valence-electron chi connectivity index (χ4n) is 3.39. The lowest BCUT2D eigenvalue weighted by molar-refractivity contribution is 0.0522. The van der Waals surface area contributed by atoms with E-state index in [1.165, 1.54) is 11.3 Å². The smallest absolute Gasteiger partial charge is 0.407 e. The zero-order chi connectivity index (χ0) is 24.6. The minimum absolute atomic E-state index is 0.0121. The fraction of sp³-hybridized carbons (Fsp3) is 0.423. The Bertz CT molecular complexity index is 1060. The summed E-state index contributed by atoms with van der Waals surface area (Å²) in [5, 5.41) is 6.84. The van der Waals surface area contributed by atoms with E-state index in [4.69, 9.17) is 4.74 Å². The number of benzene rings is 1. The predicted molar refractivity (Wildman–Crippen MR) is 137 cm³/mol. The van der Waals surface area contributed by atoms with Crippen molar-refractivity contribution in [3.8, 4) is 0 Å². The average Bonchev–Trinajstić information content (AvgIpc) is 3.22. The van der Waals surface area contributed by atoms with E-state index >= 15 is 0 Å². The zero-order valence-electron chi connectivity index (χ0n) is 20.4. The van der Waals surface area contributed by atoms with Gasteiger partial charge in [0.15, 0.2) is 0 Å².